The van der Waals surface area contributed by atoms with Crippen LogP contribution < -0.4 is 11.1 Å². The van der Waals surface area contributed by atoms with Gasteiger partial charge in [-0.15, -0.1) is 0 Å². The van der Waals surface area contributed by atoms with Crippen LogP contribution in [0.3, 0.4) is 0 Å². The monoisotopic (exact) mass is 157 g/mol. The van der Waals surface area contributed by atoms with Gasteiger partial charge < -0.3 is 16.0 Å². The molecule has 1 unspecified atom stereocenters. The molecule has 3 heteroatoms. The molecule has 0 aliphatic carbocycles. The average Bonchev–Trinajstić information content (AvgIpc) is 2.05. The van der Waals surface area contributed by atoms with Gasteiger partial charge in [0.1, 0.15) is 0 Å². The van der Waals surface area contributed by atoms with E-state index in [1.54, 1.807) is 0 Å². The van der Waals surface area contributed by atoms with E-state index in [1.165, 1.54) is 12.8 Å². The lowest BCUT2D eigenvalue weighted by molar-refractivity contribution is 0.123. The second kappa shape index (κ2) is 3.52. The molecule has 1 saturated heterocycles. The molecule has 1 aliphatic heterocycles. The lowest BCUT2D eigenvalue weighted by Gasteiger charge is -2.42. The first-order chi connectivity index (χ1) is 5.21. The molecule has 0 aromatic carbocycles. The van der Waals surface area contributed by atoms with E-state index < -0.39 is 0 Å². The Labute approximate surface area is 68.9 Å². The molecule has 1 rings (SSSR count). The lowest BCUT2D eigenvalue weighted by Crippen LogP contribution is -2.59. The fraction of sp³-hybridized carbons (Fsp3) is 1.00. The van der Waals surface area contributed by atoms with Crippen molar-refractivity contribution in [3.63, 3.8) is 0 Å². The summed E-state index contributed by atoms with van der Waals surface area (Å²) in [7, 11) is 4.22. The third kappa shape index (κ3) is 1.72. The summed E-state index contributed by atoms with van der Waals surface area (Å²) in [5.74, 6) is 0. The number of piperidine rings is 1. The molecule has 0 saturated carbocycles. The molecule has 1 fully saturated rings. The predicted molar refractivity (Wildman–Crippen MR) is 47.6 cm³/mol. The summed E-state index contributed by atoms with van der Waals surface area (Å²) in [5.41, 5.74) is 5.98. The summed E-state index contributed by atoms with van der Waals surface area (Å²) in [6.07, 6.45) is 2.47. The Morgan fingerprint density at radius 1 is 1.55 bits per heavy atom. The molecular weight excluding hydrogens is 138 g/mol. The Hall–Kier alpha value is -0.120. The first-order valence-electron chi connectivity index (χ1n) is 4.29. The zero-order valence-corrected chi connectivity index (χ0v) is 7.56. The zero-order valence-electron chi connectivity index (χ0n) is 7.56. The van der Waals surface area contributed by atoms with Crippen LogP contribution in [0.5, 0.6) is 0 Å². The quantitative estimate of drug-likeness (QED) is 0.574. The smallest absolute Gasteiger partial charge is 0.0450 e. The van der Waals surface area contributed by atoms with E-state index in [-0.39, 0.29) is 5.54 Å². The van der Waals surface area contributed by atoms with Crippen LogP contribution in [0.1, 0.15) is 12.8 Å². The van der Waals surface area contributed by atoms with Crippen molar-refractivity contribution in [2.24, 2.45) is 5.73 Å². The van der Waals surface area contributed by atoms with Gasteiger partial charge in [-0.25, -0.2) is 0 Å². The van der Waals surface area contributed by atoms with Crippen LogP contribution in [0.15, 0.2) is 0 Å². The van der Waals surface area contributed by atoms with E-state index in [9.17, 15) is 0 Å². The molecule has 11 heavy (non-hydrogen) atoms. The van der Waals surface area contributed by atoms with E-state index in [2.05, 4.69) is 24.3 Å². The van der Waals surface area contributed by atoms with Crippen molar-refractivity contribution in [2.45, 2.75) is 18.4 Å². The van der Waals surface area contributed by atoms with E-state index in [0.717, 1.165) is 19.6 Å². The first kappa shape index (κ1) is 8.97. The highest BCUT2D eigenvalue weighted by Crippen LogP contribution is 2.19. The number of likely N-dealkylation sites (N-methyl/N-ethyl adjacent to an activating group) is 1. The van der Waals surface area contributed by atoms with Crippen LogP contribution in [0.4, 0.5) is 0 Å². The number of nitrogens with one attached hydrogen (secondary N) is 1. The minimum Gasteiger partial charge on any atom is -0.329 e. The number of rotatable bonds is 2. The van der Waals surface area contributed by atoms with E-state index in [0.29, 0.717) is 0 Å². The number of hydrogen-bond donors (Lipinski definition) is 2. The molecule has 1 atom stereocenters. The van der Waals surface area contributed by atoms with Gasteiger partial charge in [-0.05, 0) is 33.5 Å². The van der Waals surface area contributed by atoms with Crippen LogP contribution in [0.25, 0.3) is 0 Å². The average molecular weight is 157 g/mol. The van der Waals surface area contributed by atoms with Crippen molar-refractivity contribution < 1.29 is 0 Å². The van der Waals surface area contributed by atoms with Crippen LogP contribution in [0.2, 0.25) is 0 Å². The van der Waals surface area contributed by atoms with Crippen molar-refractivity contribution in [1.82, 2.24) is 10.2 Å². The summed E-state index contributed by atoms with van der Waals surface area (Å²) < 4.78 is 0. The molecule has 1 aliphatic rings. The Bertz CT molecular complexity index is 117. The lowest BCUT2D eigenvalue weighted by atomic mass is 9.89. The zero-order chi connectivity index (χ0) is 8.32. The standard InChI is InChI=1S/C8H19N3/c1-11(2)8(6-9)4-3-5-10-7-8/h10H,3-7,9H2,1-2H3. The summed E-state index contributed by atoms with van der Waals surface area (Å²) in [6, 6.07) is 0. The van der Waals surface area contributed by atoms with Gasteiger partial charge in [0.15, 0.2) is 0 Å². The molecule has 0 aromatic heterocycles. The van der Waals surface area contributed by atoms with Gasteiger partial charge in [-0.1, -0.05) is 0 Å². The van der Waals surface area contributed by atoms with Crippen molar-refractivity contribution in [1.29, 1.82) is 0 Å². The summed E-state index contributed by atoms with van der Waals surface area (Å²) in [4.78, 5) is 2.25. The van der Waals surface area contributed by atoms with Crippen molar-refractivity contribution in [3.05, 3.63) is 0 Å². The maximum absolute atomic E-state index is 5.76. The molecule has 0 amide bonds. The topological polar surface area (TPSA) is 41.3 Å². The highest BCUT2D eigenvalue weighted by atomic mass is 15.2. The SMILES string of the molecule is CN(C)C1(CN)CCCNC1. The minimum absolute atomic E-state index is 0.220. The molecular formula is C8H19N3. The van der Waals surface area contributed by atoms with Gasteiger partial charge in [0, 0.05) is 18.6 Å². The number of nitrogens with two attached hydrogens (primary N) is 1. The summed E-state index contributed by atoms with van der Waals surface area (Å²) >= 11 is 0. The first-order valence-corrected chi connectivity index (χ1v) is 4.29. The Morgan fingerprint density at radius 3 is 2.55 bits per heavy atom. The molecule has 3 nitrogen and oxygen atoms in total. The second-order valence-corrected chi connectivity index (χ2v) is 3.60. The summed E-state index contributed by atoms with van der Waals surface area (Å²) in [6.45, 7) is 2.94. The van der Waals surface area contributed by atoms with Gasteiger partial charge in [0.05, 0.1) is 0 Å². The highest BCUT2D eigenvalue weighted by Gasteiger charge is 2.32. The van der Waals surface area contributed by atoms with E-state index >= 15 is 0 Å². The third-order valence-corrected chi connectivity index (χ3v) is 2.78. The number of nitrogens with zero attached hydrogens (tertiary/aromatic N) is 1. The molecule has 0 bridgehead atoms. The van der Waals surface area contributed by atoms with Gasteiger partial charge >= 0.3 is 0 Å². The highest BCUT2D eigenvalue weighted by molar-refractivity contribution is 4.93. The largest absolute Gasteiger partial charge is 0.329 e. The predicted octanol–water partition coefficient (Wildman–Crippen LogP) is -0.371. The van der Waals surface area contributed by atoms with Crippen LogP contribution in [-0.4, -0.2) is 44.2 Å². The fourth-order valence-electron chi connectivity index (χ4n) is 1.69. The van der Waals surface area contributed by atoms with Crippen molar-refractivity contribution in [2.75, 3.05) is 33.7 Å². The van der Waals surface area contributed by atoms with E-state index in [1.807, 2.05) is 0 Å². The molecule has 1 heterocycles. The van der Waals surface area contributed by atoms with Gasteiger partial charge in [-0.2, -0.15) is 0 Å². The Morgan fingerprint density at radius 2 is 2.27 bits per heavy atom. The molecule has 66 valence electrons. The Balaban J connectivity index is 2.57. The maximum atomic E-state index is 5.76. The van der Waals surface area contributed by atoms with Crippen LogP contribution in [0, 0.1) is 0 Å². The third-order valence-electron chi connectivity index (χ3n) is 2.78. The molecule has 3 N–H and O–H groups in total. The summed E-state index contributed by atoms with van der Waals surface area (Å²) in [5, 5.41) is 3.39. The van der Waals surface area contributed by atoms with Crippen molar-refractivity contribution >= 4 is 0 Å². The second-order valence-electron chi connectivity index (χ2n) is 3.60. The number of hydrogen-bond acceptors (Lipinski definition) is 3. The molecule has 0 spiro atoms. The van der Waals surface area contributed by atoms with Gasteiger partial charge in [0.25, 0.3) is 0 Å². The normalized spacial score (nSPS) is 32.7. The minimum atomic E-state index is 0.220. The molecule has 0 radical (unpaired) electrons. The molecule has 0 aromatic rings. The van der Waals surface area contributed by atoms with Crippen LogP contribution in [-0.2, 0) is 0 Å². The van der Waals surface area contributed by atoms with Gasteiger partial charge in [0.2, 0.25) is 0 Å². The fourth-order valence-corrected chi connectivity index (χ4v) is 1.69. The van der Waals surface area contributed by atoms with Crippen LogP contribution >= 0.6 is 0 Å². The van der Waals surface area contributed by atoms with Crippen molar-refractivity contribution in [3.8, 4) is 0 Å². The Kier molecular flexibility index (Phi) is 2.87. The van der Waals surface area contributed by atoms with Gasteiger partial charge in [-0.3, -0.25) is 0 Å². The van der Waals surface area contributed by atoms with E-state index in [4.69, 9.17) is 5.73 Å². The maximum Gasteiger partial charge on any atom is 0.0450 e.